The van der Waals surface area contributed by atoms with Gasteiger partial charge in [-0.2, -0.15) is 0 Å². The lowest BCUT2D eigenvalue weighted by molar-refractivity contribution is 0.0948. The number of halogens is 1. The zero-order valence-electron chi connectivity index (χ0n) is 14.1. The summed E-state index contributed by atoms with van der Waals surface area (Å²) >= 11 is 5.85. The van der Waals surface area contributed by atoms with Crippen LogP contribution in [0.25, 0.3) is 0 Å². The summed E-state index contributed by atoms with van der Waals surface area (Å²) < 4.78 is 0. The molecule has 0 saturated carbocycles. The van der Waals surface area contributed by atoms with Gasteiger partial charge >= 0.3 is 0 Å². The number of anilines is 1. The summed E-state index contributed by atoms with van der Waals surface area (Å²) in [4.78, 5) is 14.1. The van der Waals surface area contributed by atoms with E-state index in [1.54, 1.807) is 6.07 Å². The fraction of sp³-hybridized carbons (Fsp3) is 0.389. The van der Waals surface area contributed by atoms with Gasteiger partial charge in [0.1, 0.15) is 0 Å². The van der Waals surface area contributed by atoms with Crippen molar-refractivity contribution in [1.82, 2.24) is 15.5 Å². The number of amides is 1. The summed E-state index contributed by atoms with van der Waals surface area (Å²) in [5.74, 6) is 0.570. The van der Waals surface area contributed by atoms with Gasteiger partial charge in [0.2, 0.25) is 0 Å². The second-order valence-electron chi connectivity index (χ2n) is 5.68. The standard InChI is InChI=1S/C18H23ClN4O/c1-3-4-13-23(2)17-10-9-16(21-22-17)18(24)20-12-11-14-5-7-15(19)8-6-14/h5-10H,3-4,11-13H2,1-2H3,(H,20,24). The monoisotopic (exact) mass is 346 g/mol. The van der Waals surface area contributed by atoms with Gasteiger partial charge in [0.15, 0.2) is 11.5 Å². The first-order valence-electron chi connectivity index (χ1n) is 8.17. The first-order chi connectivity index (χ1) is 11.6. The third-order valence-electron chi connectivity index (χ3n) is 3.73. The van der Waals surface area contributed by atoms with Crippen molar-refractivity contribution in [3.8, 4) is 0 Å². The summed E-state index contributed by atoms with van der Waals surface area (Å²) in [5.41, 5.74) is 1.46. The van der Waals surface area contributed by atoms with Crippen LogP contribution >= 0.6 is 11.6 Å². The maximum atomic E-state index is 12.1. The quantitative estimate of drug-likeness (QED) is 0.796. The third kappa shape index (κ3) is 5.49. The fourth-order valence-electron chi connectivity index (χ4n) is 2.22. The molecule has 0 atom stereocenters. The average Bonchev–Trinajstić information content (AvgIpc) is 2.61. The Labute approximate surface area is 148 Å². The van der Waals surface area contributed by atoms with Crippen LogP contribution in [0.15, 0.2) is 36.4 Å². The van der Waals surface area contributed by atoms with E-state index in [2.05, 4.69) is 22.4 Å². The maximum Gasteiger partial charge on any atom is 0.271 e. The van der Waals surface area contributed by atoms with E-state index in [1.165, 1.54) is 0 Å². The topological polar surface area (TPSA) is 58.1 Å². The zero-order chi connectivity index (χ0) is 17.4. The molecule has 0 bridgehead atoms. The van der Waals surface area contributed by atoms with Gasteiger partial charge in [0.25, 0.3) is 5.91 Å². The van der Waals surface area contributed by atoms with Crippen LogP contribution < -0.4 is 10.2 Å². The molecule has 5 nitrogen and oxygen atoms in total. The Morgan fingerprint density at radius 2 is 1.92 bits per heavy atom. The molecule has 1 aromatic heterocycles. The highest BCUT2D eigenvalue weighted by Gasteiger charge is 2.09. The fourth-order valence-corrected chi connectivity index (χ4v) is 2.35. The third-order valence-corrected chi connectivity index (χ3v) is 3.99. The molecule has 1 aromatic carbocycles. The molecule has 6 heteroatoms. The molecule has 1 heterocycles. The van der Waals surface area contributed by atoms with E-state index in [1.807, 2.05) is 42.3 Å². The summed E-state index contributed by atoms with van der Waals surface area (Å²) in [6.45, 7) is 3.62. The summed E-state index contributed by atoms with van der Waals surface area (Å²) in [7, 11) is 1.98. The molecule has 0 aliphatic rings. The Morgan fingerprint density at radius 1 is 1.17 bits per heavy atom. The highest BCUT2D eigenvalue weighted by Crippen LogP contribution is 2.10. The van der Waals surface area contributed by atoms with Crippen LogP contribution in [0.4, 0.5) is 5.82 Å². The van der Waals surface area contributed by atoms with E-state index in [4.69, 9.17) is 11.6 Å². The van der Waals surface area contributed by atoms with Crippen molar-refractivity contribution >= 4 is 23.3 Å². The minimum absolute atomic E-state index is 0.209. The average molecular weight is 347 g/mol. The molecule has 0 fully saturated rings. The van der Waals surface area contributed by atoms with E-state index in [0.29, 0.717) is 17.3 Å². The number of benzene rings is 1. The van der Waals surface area contributed by atoms with E-state index in [-0.39, 0.29) is 5.91 Å². The number of aromatic nitrogens is 2. The Morgan fingerprint density at radius 3 is 2.54 bits per heavy atom. The zero-order valence-corrected chi connectivity index (χ0v) is 14.9. The SMILES string of the molecule is CCCCN(C)c1ccc(C(=O)NCCc2ccc(Cl)cc2)nn1. The Hall–Kier alpha value is -2.14. The van der Waals surface area contributed by atoms with Crippen molar-refractivity contribution in [2.24, 2.45) is 0 Å². The summed E-state index contributed by atoms with van der Waals surface area (Å²) in [6, 6.07) is 11.1. The van der Waals surface area contributed by atoms with Gasteiger partial charge in [-0.3, -0.25) is 4.79 Å². The Balaban J connectivity index is 1.82. The highest BCUT2D eigenvalue weighted by atomic mass is 35.5. The maximum absolute atomic E-state index is 12.1. The molecule has 0 unspecified atom stereocenters. The summed E-state index contributed by atoms with van der Waals surface area (Å²) in [5, 5.41) is 11.7. The van der Waals surface area contributed by atoms with Crippen molar-refractivity contribution < 1.29 is 4.79 Å². The molecule has 24 heavy (non-hydrogen) atoms. The molecule has 0 aliphatic carbocycles. The smallest absolute Gasteiger partial charge is 0.271 e. The molecule has 0 aliphatic heterocycles. The van der Waals surface area contributed by atoms with Gasteiger partial charge in [0.05, 0.1) is 0 Å². The normalized spacial score (nSPS) is 10.5. The molecule has 2 aromatic rings. The molecular weight excluding hydrogens is 324 g/mol. The largest absolute Gasteiger partial charge is 0.358 e. The molecule has 0 saturated heterocycles. The first kappa shape index (κ1) is 18.2. The van der Waals surface area contributed by atoms with Gasteiger partial charge in [0, 0.05) is 25.2 Å². The van der Waals surface area contributed by atoms with Crippen molar-refractivity contribution in [2.75, 3.05) is 25.0 Å². The number of unbranched alkanes of at least 4 members (excludes halogenated alkanes) is 1. The van der Waals surface area contributed by atoms with E-state index in [0.717, 1.165) is 37.2 Å². The predicted molar refractivity (Wildman–Crippen MR) is 97.7 cm³/mol. The summed E-state index contributed by atoms with van der Waals surface area (Å²) in [6.07, 6.45) is 2.98. The molecule has 128 valence electrons. The van der Waals surface area contributed by atoms with Crippen molar-refractivity contribution in [1.29, 1.82) is 0 Å². The Kier molecular flexibility index (Phi) is 7.00. The molecule has 1 amide bonds. The van der Waals surface area contributed by atoms with Crippen LogP contribution in [0.2, 0.25) is 5.02 Å². The van der Waals surface area contributed by atoms with Gasteiger partial charge in [-0.25, -0.2) is 0 Å². The minimum Gasteiger partial charge on any atom is -0.358 e. The van der Waals surface area contributed by atoms with Crippen molar-refractivity contribution in [2.45, 2.75) is 26.2 Å². The lowest BCUT2D eigenvalue weighted by atomic mass is 10.1. The van der Waals surface area contributed by atoms with E-state index < -0.39 is 0 Å². The molecule has 2 rings (SSSR count). The van der Waals surface area contributed by atoms with Gasteiger partial charge < -0.3 is 10.2 Å². The number of carbonyl (C=O) groups is 1. The van der Waals surface area contributed by atoms with Crippen LogP contribution in [-0.2, 0) is 6.42 Å². The predicted octanol–water partition coefficient (Wildman–Crippen LogP) is 3.34. The molecular formula is C18H23ClN4O. The van der Waals surface area contributed by atoms with Crippen LogP contribution in [0.3, 0.4) is 0 Å². The molecule has 0 spiro atoms. The van der Waals surface area contributed by atoms with Gasteiger partial charge in [-0.1, -0.05) is 37.1 Å². The number of hydrogen-bond donors (Lipinski definition) is 1. The van der Waals surface area contributed by atoms with Crippen LogP contribution in [0.5, 0.6) is 0 Å². The number of nitrogens with zero attached hydrogens (tertiary/aromatic N) is 3. The second kappa shape index (κ2) is 9.23. The lowest BCUT2D eigenvalue weighted by Gasteiger charge is -2.16. The van der Waals surface area contributed by atoms with Crippen LogP contribution in [0, 0.1) is 0 Å². The van der Waals surface area contributed by atoms with Crippen molar-refractivity contribution in [3.63, 3.8) is 0 Å². The number of rotatable bonds is 8. The molecule has 1 N–H and O–H groups in total. The number of carbonyl (C=O) groups excluding carboxylic acids is 1. The van der Waals surface area contributed by atoms with Gasteiger partial charge in [-0.05, 0) is 42.7 Å². The molecule has 0 radical (unpaired) electrons. The second-order valence-corrected chi connectivity index (χ2v) is 6.12. The Bertz CT molecular complexity index is 643. The number of hydrogen-bond acceptors (Lipinski definition) is 4. The van der Waals surface area contributed by atoms with E-state index in [9.17, 15) is 4.79 Å². The minimum atomic E-state index is -0.209. The van der Waals surface area contributed by atoms with Crippen LogP contribution in [0.1, 0.15) is 35.8 Å². The van der Waals surface area contributed by atoms with Crippen LogP contribution in [-0.4, -0.2) is 36.2 Å². The van der Waals surface area contributed by atoms with Gasteiger partial charge in [-0.15, -0.1) is 10.2 Å². The van der Waals surface area contributed by atoms with Crippen molar-refractivity contribution in [3.05, 3.63) is 52.7 Å². The van der Waals surface area contributed by atoms with E-state index >= 15 is 0 Å². The number of nitrogens with one attached hydrogen (secondary N) is 1. The first-order valence-corrected chi connectivity index (χ1v) is 8.55. The lowest BCUT2D eigenvalue weighted by Crippen LogP contribution is -2.27. The highest BCUT2D eigenvalue weighted by molar-refractivity contribution is 6.30.